The molecule has 0 bridgehead atoms. The molecule has 1 rings (SSSR count). The van der Waals surface area contributed by atoms with Crippen molar-refractivity contribution in [3.8, 4) is 0 Å². The van der Waals surface area contributed by atoms with Crippen LogP contribution in [-0.4, -0.2) is 16.8 Å². The highest BCUT2D eigenvalue weighted by molar-refractivity contribution is 7.92. The zero-order chi connectivity index (χ0) is 5.11. The fourth-order valence-corrected chi connectivity index (χ4v) is 2.11. The van der Waals surface area contributed by atoms with E-state index in [4.69, 9.17) is 5.26 Å². The van der Waals surface area contributed by atoms with Gasteiger partial charge in [-0.3, -0.25) is 0 Å². The van der Waals surface area contributed by atoms with E-state index in [0.717, 1.165) is 11.5 Å². The monoisotopic (exact) mass is 121 g/mol. The molecule has 1 fully saturated rings. The van der Waals surface area contributed by atoms with Crippen molar-refractivity contribution >= 4 is 11.2 Å². The summed E-state index contributed by atoms with van der Waals surface area (Å²) in [6.07, 6.45) is 2.45. The van der Waals surface area contributed by atoms with Gasteiger partial charge >= 0.3 is 0 Å². The first kappa shape index (κ1) is 5.41. The third-order valence-electron chi connectivity index (χ3n) is 1.10. The molecule has 0 aromatic carbocycles. The fraction of sp³-hybridized carbons (Fsp3) is 1.00. The molecule has 0 aromatic heterocycles. The van der Waals surface area contributed by atoms with Crippen LogP contribution in [0.15, 0.2) is 0 Å². The van der Waals surface area contributed by atoms with Crippen molar-refractivity contribution in [2.24, 2.45) is 0 Å². The summed E-state index contributed by atoms with van der Waals surface area (Å²) in [6.45, 7) is 0. The summed E-state index contributed by atoms with van der Waals surface area (Å²) < 4.78 is 4.14. The fourth-order valence-electron chi connectivity index (χ4n) is 0.703. The molecule has 0 saturated carbocycles. The Hall–Kier alpha value is 0.270. The molecule has 3 heteroatoms. The molecule has 1 heterocycles. The molecule has 1 aliphatic rings. The first-order valence-corrected chi connectivity index (χ1v) is 3.91. The van der Waals surface area contributed by atoms with E-state index in [1.807, 2.05) is 0 Å². The van der Waals surface area contributed by atoms with E-state index in [1.165, 1.54) is 12.8 Å². The van der Waals surface area contributed by atoms with Crippen LogP contribution in [0, 0.1) is 0 Å². The topological polar surface area (TPSA) is 29.5 Å². The van der Waals surface area contributed by atoms with Gasteiger partial charge in [0.1, 0.15) is 11.5 Å². The van der Waals surface area contributed by atoms with Gasteiger partial charge in [0.15, 0.2) is 11.2 Å². The van der Waals surface area contributed by atoms with E-state index >= 15 is 0 Å². The van der Waals surface area contributed by atoms with E-state index in [9.17, 15) is 0 Å². The highest BCUT2D eigenvalue weighted by Crippen LogP contribution is 2.12. The molecule has 7 heavy (non-hydrogen) atoms. The maximum atomic E-state index is 8.08. The number of rotatable bonds is 1. The smallest absolute Gasteiger partial charge is 0.186 e. The minimum Gasteiger partial charge on any atom is -0.204 e. The van der Waals surface area contributed by atoms with E-state index in [-0.39, 0.29) is 11.2 Å². The van der Waals surface area contributed by atoms with Crippen LogP contribution < -0.4 is 0 Å². The lowest BCUT2D eigenvalue weighted by atomic mass is 10.4. The van der Waals surface area contributed by atoms with Gasteiger partial charge in [-0.15, -0.1) is 0 Å². The van der Waals surface area contributed by atoms with Gasteiger partial charge in [-0.05, 0) is 17.2 Å². The van der Waals surface area contributed by atoms with Crippen molar-refractivity contribution in [3.05, 3.63) is 0 Å². The third kappa shape index (κ3) is 1.33. The lowest BCUT2D eigenvalue weighted by Gasteiger charge is -1.85. The summed E-state index contributed by atoms with van der Waals surface area (Å²) in [5.74, 6) is 2.13. The Morgan fingerprint density at radius 1 is 1.29 bits per heavy atom. The van der Waals surface area contributed by atoms with Gasteiger partial charge in [0.05, 0.1) is 0 Å². The van der Waals surface area contributed by atoms with Crippen LogP contribution in [0.2, 0.25) is 0 Å². The van der Waals surface area contributed by atoms with Crippen molar-refractivity contribution < 1.29 is 9.59 Å². The van der Waals surface area contributed by atoms with Crippen molar-refractivity contribution in [2.45, 2.75) is 12.8 Å². The molecule has 2 nitrogen and oxygen atoms in total. The van der Waals surface area contributed by atoms with Crippen molar-refractivity contribution in [2.75, 3.05) is 11.5 Å². The van der Waals surface area contributed by atoms with Gasteiger partial charge in [-0.25, -0.2) is 5.26 Å². The zero-order valence-electron chi connectivity index (χ0n) is 4.09. The molecule has 0 aliphatic carbocycles. The number of hydrogen-bond donors (Lipinski definition) is 1. The molecule has 0 spiro atoms. The van der Waals surface area contributed by atoms with Crippen molar-refractivity contribution in [3.63, 3.8) is 0 Å². The Bertz CT molecular complexity index is 51.7. The van der Waals surface area contributed by atoms with Gasteiger partial charge in [0.2, 0.25) is 0 Å². The molecular weight excluding hydrogens is 112 g/mol. The molecule has 0 unspecified atom stereocenters. The first-order valence-electron chi connectivity index (χ1n) is 2.43. The second-order valence-corrected chi connectivity index (χ2v) is 3.47. The Morgan fingerprint density at radius 3 is 2.14 bits per heavy atom. The van der Waals surface area contributed by atoms with Crippen LogP contribution in [0.3, 0.4) is 0 Å². The predicted molar refractivity (Wildman–Crippen MR) is 30.0 cm³/mol. The van der Waals surface area contributed by atoms with Crippen LogP contribution in [0.1, 0.15) is 12.8 Å². The summed E-state index contributed by atoms with van der Waals surface area (Å²) in [7, 11) is 0. The molecule has 1 aliphatic heterocycles. The molecule has 1 N–H and O–H groups in total. The summed E-state index contributed by atoms with van der Waals surface area (Å²) in [5, 5.41) is 8.08. The Morgan fingerprint density at radius 2 is 1.86 bits per heavy atom. The first-order chi connectivity index (χ1) is 3.43. The minimum atomic E-state index is -0.0787. The molecule has 0 atom stereocenters. The van der Waals surface area contributed by atoms with Crippen LogP contribution in [0.25, 0.3) is 0 Å². The standard InChI is InChI=1S/C4H8O2S/c5-6-7-3-1-2-4-7/h1-4H2/p+1. The van der Waals surface area contributed by atoms with Gasteiger partial charge in [0.25, 0.3) is 0 Å². The zero-order valence-corrected chi connectivity index (χ0v) is 4.91. The maximum absolute atomic E-state index is 8.08. The van der Waals surface area contributed by atoms with E-state index in [1.54, 1.807) is 0 Å². The summed E-state index contributed by atoms with van der Waals surface area (Å²) >= 11 is -0.0787. The van der Waals surface area contributed by atoms with Gasteiger partial charge in [-0.1, -0.05) is 0 Å². The average Bonchev–Trinajstić information content (AvgIpc) is 2.14. The van der Waals surface area contributed by atoms with Crippen molar-refractivity contribution in [1.29, 1.82) is 0 Å². The highest BCUT2D eigenvalue weighted by Gasteiger charge is 2.26. The molecule has 42 valence electrons. The Kier molecular flexibility index (Phi) is 1.97. The number of hydrogen-bond acceptors (Lipinski definition) is 2. The average molecular weight is 121 g/mol. The molecule has 0 radical (unpaired) electrons. The lowest BCUT2D eigenvalue weighted by Crippen LogP contribution is -2.04. The second kappa shape index (κ2) is 2.55. The van der Waals surface area contributed by atoms with Crippen LogP contribution >= 0.6 is 0 Å². The van der Waals surface area contributed by atoms with Crippen molar-refractivity contribution in [1.82, 2.24) is 0 Å². The summed E-state index contributed by atoms with van der Waals surface area (Å²) in [5.41, 5.74) is 0. The van der Waals surface area contributed by atoms with Gasteiger partial charge in [-0.2, -0.15) is 0 Å². The van der Waals surface area contributed by atoms with Crippen LogP contribution in [0.5, 0.6) is 0 Å². The van der Waals surface area contributed by atoms with Crippen LogP contribution in [-0.2, 0) is 15.5 Å². The van der Waals surface area contributed by atoms with Gasteiger partial charge in [0, 0.05) is 0 Å². The molecule has 1 saturated heterocycles. The van der Waals surface area contributed by atoms with E-state index in [0.29, 0.717) is 0 Å². The summed E-state index contributed by atoms with van der Waals surface area (Å²) in [4.78, 5) is 0. The van der Waals surface area contributed by atoms with Gasteiger partial charge < -0.3 is 0 Å². The molecule has 0 amide bonds. The quantitative estimate of drug-likeness (QED) is 0.316. The Balaban J connectivity index is 2.14. The summed E-state index contributed by atoms with van der Waals surface area (Å²) in [6, 6.07) is 0. The normalized spacial score (nSPS) is 23.6. The third-order valence-corrected chi connectivity index (χ3v) is 2.80. The maximum Gasteiger partial charge on any atom is 0.186 e. The van der Waals surface area contributed by atoms with E-state index < -0.39 is 0 Å². The predicted octanol–water partition coefficient (Wildman–Crippen LogP) is 0.803. The highest BCUT2D eigenvalue weighted by atomic mass is 32.2. The molecular formula is C4H9O2S+. The van der Waals surface area contributed by atoms with Crippen LogP contribution in [0.4, 0.5) is 0 Å². The van der Waals surface area contributed by atoms with E-state index in [2.05, 4.69) is 4.33 Å². The SMILES string of the molecule is OO[S+]1CCCC1. The Labute approximate surface area is 46.0 Å². The lowest BCUT2D eigenvalue weighted by molar-refractivity contribution is -0.121. The second-order valence-electron chi connectivity index (χ2n) is 1.63. The largest absolute Gasteiger partial charge is 0.204 e. The minimum absolute atomic E-state index is 0.0787. The molecule has 0 aromatic rings.